The van der Waals surface area contributed by atoms with E-state index in [1.54, 1.807) is 49.9 Å². The number of hydrogen-bond donors (Lipinski definition) is 1. The van der Waals surface area contributed by atoms with E-state index < -0.39 is 0 Å². The van der Waals surface area contributed by atoms with Crippen molar-refractivity contribution in [2.75, 3.05) is 45.3 Å². The fraction of sp³-hybridized carbons (Fsp3) is 0.316. The van der Waals surface area contributed by atoms with Crippen LogP contribution < -0.4 is 15.0 Å². The molecule has 1 aliphatic heterocycles. The third-order valence-corrected chi connectivity index (χ3v) is 5.06. The lowest BCUT2D eigenvalue weighted by molar-refractivity contribution is -0.487. The molecule has 0 unspecified atom stereocenters. The van der Waals surface area contributed by atoms with Gasteiger partial charge in [-0.3, -0.25) is 4.79 Å². The number of quaternary nitrogens is 1. The number of morpholine rings is 1. The highest BCUT2D eigenvalue weighted by Gasteiger charge is 2.20. The SMILES string of the molecule is CN(C)C(=O)c1ccc(Oc2nc([NH2+]c3nccs3)nc(N3CCOCC3)n2)cc1. The number of benzene rings is 1. The van der Waals surface area contributed by atoms with Gasteiger partial charge < -0.3 is 19.3 Å². The number of thiazole rings is 1. The molecule has 3 aromatic rings. The summed E-state index contributed by atoms with van der Waals surface area (Å²) in [4.78, 5) is 33.3. The largest absolute Gasteiger partial charge is 0.424 e. The Balaban J connectivity index is 1.58. The third-order valence-electron chi connectivity index (χ3n) is 4.33. The van der Waals surface area contributed by atoms with Crippen LogP contribution in [0, 0.1) is 0 Å². The Kier molecular flexibility index (Phi) is 6.12. The van der Waals surface area contributed by atoms with Gasteiger partial charge in [0.2, 0.25) is 5.95 Å². The van der Waals surface area contributed by atoms with Crippen molar-refractivity contribution in [3.8, 4) is 11.8 Å². The van der Waals surface area contributed by atoms with Crippen molar-refractivity contribution in [1.29, 1.82) is 0 Å². The molecule has 0 spiro atoms. The molecule has 3 heterocycles. The van der Waals surface area contributed by atoms with E-state index in [9.17, 15) is 4.79 Å². The van der Waals surface area contributed by atoms with E-state index in [0.29, 0.717) is 49.5 Å². The zero-order valence-electron chi connectivity index (χ0n) is 16.7. The number of ether oxygens (including phenoxy) is 2. The topological polar surface area (TPSA) is 110 Å². The van der Waals surface area contributed by atoms with Crippen LogP contribution in [0.5, 0.6) is 11.8 Å². The van der Waals surface area contributed by atoms with Crippen molar-refractivity contribution >= 4 is 34.3 Å². The second kappa shape index (κ2) is 9.11. The van der Waals surface area contributed by atoms with Crippen molar-refractivity contribution in [2.45, 2.75) is 0 Å². The maximum atomic E-state index is 12.1. The van der Waals surface area contributed by atoms with Gasteiger partial charge in [-0.1, -0.05) is 11.3 Å². The van der Waals surface area contributed by atoms with E-state index in [1.807, 2.05) is 10.3 Å². The minimum atomic E-state index is -0.0725. The highest BCUT2D eigenvalue weighted by atomic mass is 32.1. The van der Waals surface area contributed by atoms with Crippen molar-refractivity contribution < 1.29 is 19.6 Å². The predicted octanol–water partition coefficient (Wildman–Crippen LogP) is 1.19. The number of carbonyl (C=O) groups excluding carboxylic acids is 1. The summed E-state index contributed by atoms with van der Waals surface area (Å²) >= 11 is 1.50. The number of carbonyl (C=O) groups is 1. The smallest absolute Gasteiger partial charge is 0.340 e. The van der Waals surface area contributed by atoms with Gasteiger partial charge in [-0.05, 0) is 24.3 Å². The quantitative estimate of drug-likeness (QED) is 0.623. The molecule has 1 fully saturated rings. The summed E-state index contributed by atoms with van der Waals surface area (Å²) in [6.07, 6.45) is 1.73. The summed E-state index contributed by atoms with van der Waals surface area (Å²) < 4.78 is 11.3. The summed E-state index contributed by atoms with van der Waals surface area (Å²) in [6.45, 7) is 2.63. The zero-order chi connectivity index (χ0) is 20.9. The zero-order valence-corrected chi connectivity index (χ0v) is 17.5. The second-order valence-corrected chi connectivity index (χ2v) is 7.64. The molecular weight excluding hydrogens is 406 g/mol. The van der Waals surface area contributed by atoms with Gasteiger partial charge in [0, 0.05) is 44.3 Å². The first kappa shape index (κ1) is 20.1. The number of anilines is 1. The van der Waals surface area contributed by atoms with Gasteiger partial charge in [0.25, 0.3) is 11.0 Å². The average molecular weight is 428 g/mol. The van der Waals surface area contributed by atoms with Gasteiger partial charge in [0.05, 0.1) is 13.2 Å². The number of hydrogen-bond acceptors (Lipinski definition) is 9. The molecule has 1 saturated heterocycles. The monoisotopic (exact) mass is 428 g/mol. The fourth-order valence-electron chi connectivity index (χ4n) is 2.82. The molecule has 0 bridgehead atoms. The molecule has 1 aliphatic rings. The summed E-state index contributed by atoms with van der Waals surface area (Å²) in [6, 6.07) is 7.05. The Bertz CT molecular complexity index is 990. The lowest BCUT2D eigenvalue weighted by atomic mass is 10.2. The van der Waals surface area contributed by atoms with Crippen LogP contribution in [0.4, 0.5) is 17.0 Å². The van der Waals surface area contributed by atoms with Crippen LogP contribution in [0.1, 0.15) is 10.4 Å². The highest BCUT2D eigenvalue weighted by Crippen LogP contribution is 2.22. The molecule has 0 saturated carbocycles. The van der Waals surface area contributed by atoms with E-state index in [0.717, 1.165) is 5.13 Å². The third kappa shape index (κ3) is 4.87. The predicted molar refractivity (Wildman–Crippen MR) is 111 cm³/mol. The first-order chi connectivity index (χ1) is 14.6. The summed E-state index contributed by atoms with van der Waals surface area (Å²) in [5, 5.41) is 4.48. The Hall–Kier alpha value is -3.15. The van der Waals surface area contributed by atoms with Crippen molar-refractivity contribution in [3.63, 3.8) is 0 Å². The molecule has 10 nitrogen and oxygen atoms in total. The number of nitrogens with two attached hydrogens (primary N) is 1. The van der Waals surface area contributed by atoms with E-state index >= 15 is 0 Å². The van der Waals surface area contributed by atoms with Crippen molar-refractivity contribution in [3.05, 3.63) is 41.4 Å². The van der Waals surface area contributed by atoms with Gasteiger partial charge in [-0.25, -0.2) is 5.32 Å². The molecule has 0 atom stereocenters. The molecule has 156 valence electrons. The van der Waals surface area contributed by atoms with E-state index in [4.69, 9.17) is 9.47 Å². The molecule has 4 rings (SSSR count). The molecule has 1 amide bonds. The summed E-state index contributed by atoms with van der Waals surface area (Å²) in [5.41, 5.74) is 0.579. The van der Waals surface area contributed by atoms with E-state index in [1.165, 1.54) is 16.2 Å². The molecule has 30 heavy (non-hydrogen) atoms. The van der Waals surface area contributed by atoms with Crippen LogP contribution in [0.15, 0.2) is 35.8 Å². The Morgan fingerprint density at radius 2 is 1.93 bits per heavy atom. The van der Waals surface area contributed by atoms with Crippen LogP contribution in [0.3, 0.4) is 0 Å². The Morgan fingerprint density at radius 3 is 2.60 bits per heavy atom. The second-order valence-electron chi connectivity index (χ2n) is 6.72. The summed E-state index contributed by atoms with van der Waals surface area (Å²) in [5.74, 6) is 1.46. The molecule has 2 N–H and O–H groups in total. The van der Waals surface area contributed by atoms with Crippen LogP contribution in [0.2, 0.25) is 0 Å². The standard InChI is InChI=1S/C19H21N7O3S/c1-25(2)15(27)13-3-5-14(6-4-13)29-18-22-16(23-19-20-7-12-30-19)21-17(24-18)26-8-10-28-11-9-26/h3-7,12H,8-11H2,1-2H3,(H,20,21,22,23,24)/p+1. The Labute approximate surface area is 177 Å². The van der Waals surface area contributed by atoms with Crippen LogP contribution in [0.25, 0.3) is 0 Å². The van der Waals surface area contributed by atoms with Gasteiger partial charge in [0.15, 0.2) is 0 Å². The maximum Gasteiger partial charge on any atom is 0.340 e. The number of aromatic nitrogens is 4. The molecular formula is C19H22N7O3S+. The van der Waals surface area contributed by atoms with Gasteiger partial charge in [-0.2, -0.15) is 9.97 Å². The molecule has 2 aromatic heterocycles. The lowest BCUT2D eigenvalue weighted by Crippen LogP contribution is -2.72. The highest BCUT2D eigenvalue weighted by molar-refractivity contribution is 7.12. The average Bonchev–Trinajstić information content (AvgIpc) is 3.27. The number of amides is 1. The minimum absolute atomic E-state index is 0.0725. The first-order valence-electron chi connectivity index (χ1n) is 9.41. The van der Waals surface area contributed by atoms with E-state index in [-0.39, 0.29) is 11.9 Å². The maximum absolute atomic E-state index is 12.1. The first-order valence-corrected chi connectivity index (χ1v) is 10.3. The Morgan fingerprint density at radius 1 is 1.17 bits per heavy atom. The molecule has 11 heteroatoms. The van der Waals surface area contributed by atoms with Gasteiger partial charge in [0.1, 0.15) is 5.75 Å². The van der Waals surface area contributed by atoms with Crippen molar-refractivity contribution in [2.24, 2.45) is 0 Å². The van der Waals surface area contributed by atoms with E-state index in [2.05, 4.69) is 19.9 Å². The van der Waals surface area contributed by atoms with Crippen molar-refractivity contribution in [1.82, 2.24) is 24.8 Å². The molecule has 1 aromatic carbocycles. The van der Waals surface area contributed by atoms with Crippen LogP contribution >= 0.6 is 11.3 Å². The van der Waals surface area contributed by atoms with Gasteiger partial charge in [-0.15, -0.1) is 9.97 Å². The van der Waals surface area contributed by atoms with Crippen LogP contribution in [-0.2, 0) is 4.74 Å². The molecule has 0 radical (unpaired) electrons. The van der Waals surface area contributed by atoms with Gasteiger partial charge >= 0.3 is 12.0 Å². The normalized spacial score (nSPS) is 13.9. The fourth-order valence-corrected chi connectivity index (χ4v) is 3.38. The summed E-state index contributed by atoms with van der Waals surface area (Å²) in [7, 11) is 3.43. The number of rotatable bonds is 6. The minimum Gasteiger partial charge on any atom is -0.424 e. The lowest BCUT2D eigenvalue weighted by Gasteiger charge is -2.26. The molecule has 0 aliphatic carbocycles. The number of nitrogens with zero attached hydrogens (tertiary/aromatic N) is 6. The van der Waals surface area contributed by atoms with Crippen LogP contribution in [-0.4, -0.2) is 71.1 Å².